The van der Waals surface area contributed by atoms with Crippen LogP contribution in [0, 0.1) is 5.41 Å². The first kappa shape index (κ1) is 26.2. The van der Waals surface area contributed by atoms with Gasteiger partial charge in [-0.3, -0.25) is 15.0 Å². The Bertz CT molecular complexity index is 1190. The summed E-state index contributed by atoms with van der Waals surface area (Å²) < 4.78 is 0. The molecule has 0 unspecified atom stereocenters. The van der Waals surface area contributed by atoms with Crippen LogP contribution in [-0.4, -0.2) is 68.5 Å². The summed E-state index contributed by atoms with van der Waals surface area (Å²) in [5.41, 5.74) is 13.5. The number of carbonyl (C=O) groups excluding carboxylic acids is 2. The second kappa shape index (κ2) is 12.4. The minimum atomic E-state index is -1.21. The Kier molecular flexibility index (Phi) is 9.00. The normalized spacial score (nSPS) is 13.5. The molecule has 0 aliphatic rings. The molecular formula is C23H31N9O4. The summed E-state index contributed by atoms with van der Waals surface area (Å²) in [7, 11) is 0. The maximum Gasteiger partial charge on any atom is 0.326 e. The lowest BCUT2D eigenvalue weighted by Crippen LogP contribution is -2.55. The van der Waals surface area contributed by atoms with E-state index in [0.29, 0.717) is 12.1 Å². The van der Waals surface area contributed by atoms with Gasteiger partial charge in [0.25, 0.3) is 0 Å². The molecule has 0 saturated heterocycles. The highest BCUT2D eigenvalue weighted by molar-refractivity contribution is 5.93. The highest BCUT2D eigenvalue weighted by atomic mass is 16.4. The van der Waals surface area contributed by atoms with E-state index in [-0.39, 0.29) is 31.8 Å². The van der Waals surface area contributed by atoms with Gasteiger partial charge in [0, 0.05) is 42.7 Å². The fourth-order valence-corrected chi connectivity index (χ4v) is 3.79. The molecule has 11 N–H and O–H groups in total. The van der Waals surface area contributed by atoms with Gasteiger partial charge in [0.2, 0.25) is 11.8 Å². The van der Waals surface area contributed by atoms with Gasteiger partial charge in [-0.05, 0) is 24.5 Å². The van der Waals surface area contributed by atoms with Crippen molar-refractivity contribution in [2.24, 2.45) is 11.5 Å². The number of aromatic nitrogens is 3. The number of hydrogen-bond donors (Lipinski definition) is 9. The number of amides is 2. The zero-order valence-corrected chi connectivity index (χ0v) is 19.6. The van der Waals surface area contributed by atoms with Gasteiger partial charge in [0.15, 0.2) is 5.96 Å². The number of carbonyl (C=O) groups is 3. The Balaban J connectivity index is 1.73. The molecule has 0 saturated carbocycles. The van der Waals surface area contributed by atoms with Crippen LogP contribution in [0.3, 0.4) is 0 Å². The number of guanidine groups is 1. The third kappa shape index (κ3) is 7.30. The Morgan fingerprint density at radius 2 is 1.83 bits per heavy atom. The molecule has 3 rings (SSSR count). The SMILES string of the molecule is N=C(N)NCCC[C@H](NC(=O)[C@H](Cc1c[nH]c2ccccc12)NC(=O)[C@H](N)Cc1c[nH]cn1)C(=O)O. The van der Waals surface area contributed by atoms with E-state index in [9.17, 15) is 19.5 Å². The molecule has 0 fully saturated rings. The first-order valence-electron chi connectivity index (χ1n) is 11.4. The van der Waals surface area contributed by atoms with Crippen molar-refractivity contribution in [1.29, 1.82) is 5.41 Å². The van der Waals surface area contributed by atoms with Crippen molar-refractivity contribution in [2.75, 3.05) is 6.54 Å². The van der Waals surface area contributed by atoms with E-state index in [1.165, 1.54) is 6.33 Å². The summed E-state index contributed by atoms with van der Waals surface area (Å²) in [5, 5.41) is 25.4. The molecule has 0 spiro atoms. The summed E-state index contributed by atoms with van der Waals surface area (Å²) >= 11 is 0. The van der Waals surface area contributed by atoms with E-state index in [0.717, 1.165) is 16.5 Å². The summed E-state index contributed by atoms with van der Waals surface area (Å²) in [6.45, 7) is 0.284. The van der Waals surface area contributed by atoms with Gasteiger partial charge < -0.3 is 42.5 Å². The van der Waals surface area contributed by atoms with Crippen molar-refractivity contribution in [2.45, 2.75) is 43.8 Å². The number of para-hydroxylation sites is 1. The molecule has 36 heavy (non-hydrogen) atoms. The summed E-state index contributed by atoms with van der Waals surface area (Å²) in [4.78, 5) is 47.8. The molecule has 0 radical (unpaired) electrons. The highest BCUT2D eigenvalue weighted by Crippen LogP contribution is 2.19. The number of benzene rings is 1. The Labute approximate surface area is 206 Å². The smallest absolute Gasteiger partial charge is 0.326 e. The lowest BCUT2D eigenvalue weighted by Gasteiger charge is -2.23. The van der Waals surface area contributed by atoms with E-state index in [2.05, 4.69) is 30.9 Å². The Morgan fingerprint density at radius 1 is 1.08 bits per heavy atom. The third-order valence-electron chi connectivity index (χ3n) is 5.65. The zero-order valence-electron chi connectivity index (χ0n) is 19.6. The second-order valence-electron chi connectivity index (χ2n) is 8.38. The number of carboxylic acids is 1. The molecule has 1 aromatic carbocycles. The number of nitrogens with zero attached hydrogens (tertiary/aromatic N) is 1. The number of carboxylic acid groups (broad SMARTS) is 1. The first-order valence-corrected chi connectivity index (χ1v) is 11.4. The average Bonchev–Trinajstić information content (AvgIpc) is 3.50. The third-order valence-corrected chi connectivity index (χ3v) is 5.65. The quantitative estimate of drug-likeness (QED) is 0.0832. The number of hydrogen-bond acceptors (Lipinski definition) is 6. The van der Waals surface area contributed by atoms with Gasteiger partial charge in [-0.15, -0.1) is 0 Å². The number of H-pyrrole nitrogens is 2. The number of fused-ring (bicyclic) bond motifs is 1. The van der Waals surface area contributed by atoms with Crippen molar-refractivity contribution >= 4 is 34.6 Å². The van der Waals surface area contributed by atoms with Gasteiger partial charge in [-0.1, -0.05) is 18.2 Å². The van der Waals surface area contributed by atoms with E-state index in [4.69, 9.17) is 16.9 Å². The highest BCUT2D eigenvalue weighted by Gasteiger charge is 2.29. The second-order valence-corrected chi connectivity index (χ2v) is 8.38. The van der Waals surface area contributed by atoms with E-state index < -0.39 is 35.9 Å². The standard InChI is InChI=1S/C23H31N9O4/c24-16(9-14-11-27-12-30-14)20(33)32-19(8-13-10-29-17-5-2-1-4-15(13)17)21(34)31-18(22(35)36)6-3-7-28-23(25)26/h1-2,4-5,10-12,16,18-19,29H,3,6-9,24H2,(H,27,30)(H,31,34)(H,32,33)(H,35,36)(H4,25,26,28)/t16-,18+,19+/m1/s1. The van der Waals surface area contributed by atoms with Gasteiger partial charge in [-0.2, -0.15) is 0 Å². The molecule has 0 aliphatic heterocycles. The number of aromatic amines is 2. The molecule has 2 amide bonds. The van der Waals surface area contributed by atoms with Crippen LogP contribution in [0.1, 0.15) is 24.1 Å². The lowest BCUT2D eigenvalue weighted by atomic mass is 10.0. The molecule has 3 aromatic rings. The Hall–Kier alpha value is -4.39. The maximum absolute atomic E-state index is 13.2. The fraction of sp³-hybridized carbons (Fsp3) is 0.348. The van der Waals surface area contributed by atoms with E-state index >= 15 is 0 Å². The number of nitrogens with two attached hydrogens (primary N) is 2. The fourth-order valence-electron chi connectivity index (χ4n) is 3.79. The summed E-state index contributed by atoms with van der Waals surface area (Å²) in [6, 6.07) is 4.31. The van der Waals surface area contributed by atoms with Crippen molar-refractivity contribution in [3.05, 3.63) is 54.2 Å². The summed E-state index contributed by atoms with van der Waals surface area (Å²) in [6.07, 6.45) is 5.60. The topological polar surface area (TPSA) is 228 Å². The molecule has 2 heterocycles. The van der Waals surface area contributed by atoms with E-state index in [1.54, 1.807) is 12.4 Å². The minimum Gasteiger partial charge on any atom is -0.480 e. The van der Waals surface area contributed by atoms with Crippen LogP contribution in [-0.2, 0) is 27.2 Å². The molecule has 0 bridgehead atoms. The van der Waals surface area contributed by atoms with E-state index in [1.807, 2.05) is 24.3 Å². The molecule has 0 aliphatic carbocycles. The molecule has 2 aromatic heterocycles. The molecular weight excluding hydrogens is 466 g/mol. The summed E-state index contributed by atoms with van der Waals surface area (Å²) in [5.74, 6) is -2.64. The molecule has 13 heteroatoms. The number of aliphatic carboxylic acids is 1. The Morgan fingerprint density at radius 3 is 2.53 bits per heavy atom. The number of rotatable bonds is 13. The van der Waals surface area contributed by atoms with Gasteiger partial charge in [-0.25, -0.2) is 9.78 Å². The molecule has 3 atom stereocenters. The van der Waals surface area contributed by atoms with Crippen LogP contribution in [0.15, 0.2) is 43.0 Å². The van der Waals surface area contributed by atoms with Crippen molar-refractivity contribution < 1.29 is 19.5 Å². The number of nitrogens with one attached hydrogen (secondary N) is 6. The van der Waals surface area contributed by atoms with Crippen LogP contribution in [0.5, 0.6) is 0 Å². The van der Waals surface area contributed by atoms with Crippen molar-refractivity contribution in [1.82, 2.24) is 30.9 Å². The average molecular weight is 498 g/mol. The first-order chi connectivity index (χ1) is 17.2. The predicted molar refractivity (Wildman–Crippen MR) is 133 cm³/mol. The van der Waals surface area contributed by atoms with Crippen molar-refractivity contribution in [3.8, 4) is 0 Å². The lowest BCUT2D eigenvalue weighted by molar-refractivity contribution is -0.142. The van der Waals surface area contributed by atoms with Crippen LogP contribution in [0.25, 0.3) is 10.9 Å². The van der Waals surface area contributed by atoms with Crippen LogP contribution < -0.4 is 27.4 Å². The number of imidazole rings is 1. The van der Waals surface area contributed by atoms with Crippen LogP contribution in [0.2, 0.25) is 0 Å². The van der Waals surface area contributed by atoms with Gasteiger partial charge in [0.1, 0.15) is 12.1 Å². The van der Waals surface area contributed by atoms with Crippen LogP contribution >= 0.6 is 0 Å². The largest absolute Gasteiger partial charge is 0.480 e. The molecule has 192 valence electrons. The van der Waals surface area contributed by atoms with Crippen LogP contribution in [0.4, 0.5) is 0 Å². The zero-order chi connectivity index (χ0) is 26.1. The minimum absolute atomic E-state index is 0.105. The molecule has 13 nitrogen and oxygen atoms in total. The predicted octanol–water partition coefficient (Wildman–Crippen LogP) is -0.679. The maximum atomic E-state index is 13.2. The monoisotopic (exact) mass is 497 g/mol. The van der Waals surface area contributed by atoms with Gasteiger partial charge in [0.05, 0.1) is 18.1 Å². The van der Waals surface area contributed by atoms with Gasteiger partial charge >= 0.3 is 5.97 Å². The van der Waals surface area contributed by atoms with Crippen molar-refractivity contribution in [3.63, 3.8) is 0 Å².